The van der Waals surface area contributed by atoms with Crippen molar-refractivity contribution in [3.05, 3.63) is 99.4 Å². The van der Waals surface area contributed by atoms with Crippen LogP contribution in [0.1, 0.15) is 13.8 Å². The van der Waals surface area contributed by atoms with Gasteiger partial charge in [0.2, 0.25) is 0 Å². The molecule has 0 unspecified atom stereocenters. The van der Waals surface area contributed by atoms with Crippen LogP contribution in [-0.4, -0.2) is 48.8 Å². The Morgan fingerprint density at radius 2 is 1.41 bits per heavy atom. The standard InChI is InChI=1S/C9H9BN6.C9H13O2.2CO.Mo/c1-4-11-14(7-1)10(15-8-2-5-12-15)16-9-3-6-13-16;1-4-11-9(10)7-5-6-8(2)3;2*1-2;/h1-9H;5-7H,2,4H2,1,3H3;;;/q-1;;;;+2/b;7-5+;;;. The van der Waals surface area contributed by atoms with Gasteiger partial charge in [-0.25, -0.2) is 20.1 Å². The summed E-state index contributed by atoms with van der Waals surface area (Å²) in [4.78, 5) is 10.7. The summed E-state index contributed by atoms with van der Waals surface area (Å²) in [5.41, 5.74) is 0.908. The number of carbonyl (C=O) groups excluding carboxylic acids is 1. The Morgan fingerprint density at radius 1 is 1.00 bits per heavy atom. The molecule has 0 aliphatic carbocycles. The second kappa shape index (κ2) is 19.8. The molecule has 0 aliphatic rings. The van der Waals surface area contributed by atoms with Crippen molar-refractivity contribution in [3.8, 4) is 0 Å². The van der Waals surface area contributed by atoms with Crippen LogP contribution < -0.4 is 0 Å². The second-order valence-electron chi connectivity index (χ2n) is 5.43. The molecule has 164 valence electrons. The van der Waals surface area contributed by atoms with Crippen LogP contribution in [0.4, 0.5) is 0 Å². The van der Waals surface area contributed by atoms with Gasteiger partial charge in [0.1, 0.15) is 0 Å². The van der Waals surface area contributed by atoms with Crippen LogP contribution in [0, 0.1) is 19.7 Å². The van der Waals surface area contributed by atoms with E-state index in [2.05, 4.69) is 39.9 Å². The van der Waals surface area contributed by atoms with E-state index in [0.29, 0.717) is 6.61 Å². The van der Waals surface area contributed by atoms with E-state index in [1.807, 2.05) is 43.7 Å². The summed E-state index contributed by atoms with van der Waals surface area (Å²) in [6, 6.07) is 5.62. The number of rotatable bonds is 7. The zero-order valence-corrected chi connectivity index (χ0v) is 19.7. The van der Waals surface area contributed by atoms with E-state index in [1.54, 1.807) is 51.8 Å². The third-order valence-electron chi connectivity index (χ3n) is 3.18. The monoisotopic (exact) mass is 519 g/mol. The zero-order valence-electron chi connectivity index (χ0n) is 17.6. The fraction of sp³-hybridized carbons (Fsp3) is 0.150. The van der Waals surface area contributed by atoms with E-state index in [4.69, 9.17) is 9.30 Å². The van der Waals surface area contributed by atoms with Crippen LogP contribution in [0.25, 0.3) is 0 Å². The minimum absolute atomic E-state index is 0. The van der Waals surface area contributed by atoms with E-state index >= 15 is 0 Å². The van der Waals surface area contributed by atoms with Gasteiger partial charge in [-0.15, -0.1) is 0 Å². The van der Waals surface area contributed by atoms with Crippen molar-refractivity contribution < 1.29 is 39.9 Å². The van der Waals surface area contributed by atoms with Crippen LogP contribution in [-0.2, 0) is 39.9 Å². The normalized spacial score (nSPS) is 9.09. The van der Waals surface area contributed by atoms with Gasteiger partial charge in [0.05, 0.1) is 6.61 Å². The minimum Gasteiger partial charge on any atom is -0.425 e. The Kier molecular flexibility index (Phi) is 19.1. The first kappa shape index (κ1) is 31.0. The molecule has 0 aliphatic heterocycles. The molecule has 3 aromatic rings. The first-order valence-electron chi connectivity index (χ1n) is 8.83. The molecular formula is C20H22BMoN6O4+. The molecular weight excluding hydrogens is 495 g/mol. The summed E-state index contributed by atoms with van der Waals surface area (Å²) in [7, 11) is -0.194. The Labute approximate surface area is 201 Å². The Bertz CT molecular complexity index is 835. The second-order valence-corrected chi connectivity index (χ2v) is 5.43. The van der Waals surface area contributed by atoms with E-state index in [9.17, 15) is 4.79 Å². The number of carbonyl (C=O) groups is 1. The Morgan fingerprint density at radius 3 is 1.69 bits per heavy atom. The first-order chi connectivity index (χ1) is 15.1. The maximum absolute atomic E-state index is 10.7. The van der Waals surface area contributed by atoms with Gasteiger partial charge in [-0.2, -0.15) is 0 Å². The molecule has 10 nitrogen and oxygen atoms in total. The maximum Gasteiger partial charge on any atom is 2.00 e. The van der Waals surface area contributed by atoms with Gasteiger partial charge in [0.15, 0.2) is 0 Å². The molecule has 12 heteroatoms. The van der Waals surface area contributed by atoms with Gasteiger partial charge in [-0.1, -0.05) is 18.2 Å². The molecule has 3 aromatic heterocycles. The van der Waals surface area contributed by atoms with Gasteiger partial charge in [-0.05, 0) is 50.6 Å². The van der Waals surface area contributed by atoms with Crippen molar-refractivity contribution in [1.82, 2.24) is 29.1 Å². The average molecular weight is 517 g/mol. The predicted molar refractivity (Wildman–Crippen MR) is 111 cm³/mol. The molecule has 0 fully saturated rings. The summed E-state index contributed by atoms with van der Waals surface area (Å²) < 4.78 is 25.0. The minimum atomic E-state index is -0.315. The van der Waals surface area contributed by atoms with Crippen molar-refractivity contribution in [1.29, 1.82) is 0 Å². The SMILES string of the molecule is C=C(C)[CH]/C=C/C(=O)OCC.[C-]#[O+].[C-]#[O+].[Mo+2].c1cnn([B-](n2cccn2)n2cccn2)c1. The molecule has 3 heterocycles. The number of aromatic nitrogens is 6. The molecule has 3 rings (SSSR count). The molecule has 0 saturated heterocycles. The van der Waals surface area contributed by atoms with E-state index < -0.39 is 0 Å². The maximum atomic E-state index is 10.7. The first-order valence-corrected chi connectivity index (χ1v) is 8.83. The molecule has 0 spiro atoms. The van der Waals surface area contributed by atoms with Crippen LogP contribution in [0.3, 0.4) is 0 Å². The quantitative estimate of drug-likeness (QED) is 0.156. The van der Waals surface area contributed by atoms with Crippen molar-refractivity contribution in [2.45, 2.75) is 13.8 Å². The van der Waals surface area contributed by atoms with Crippen LogP contribution in [0.15, 0.2) is 79.7 Å². The third-order valence-corrected chi connectivity index (χ3v) is 3.18. The molecule has 0 amide bonds. The Balaban J connectivity index is 0. The summed E-state index contributed by atoms with van der Waals surface area (Å²) in [5.74, 6) is -0.315. The zero-order chi connectivity index (χ0) is 23.5. The van der Waals surface area contributed by atoms with Gasteiger partial charge < -0.3 is 18.5 Å². The number of nitrogens with zero attached hydrogens (tertiary/aromatic N) is 6. The van der Waals surface area contributed by atoms with Crippen LogP contribution in [0.5, 0.6) is 0 Å². The third kappa shape index (κ3) is 11.9. The van der Waals surface area contributed by atoms with Gasteiger partial charge >= 0.3 is 49.6 Å². The molecule has 0 bridgehead atoms. The predicted octanol–water partition coefficient (Wildman–Crippen LogP) is 2.01. The largest absolute Gasteiger partial charge is 2.00 e. The molecule has 0 saturated carbocycles. The Hall–Kier alpha value is -3.19. The fourth-order valence-corrected chi connectivity index (χ4v) is 2.10. The van der Waals surface area contributed by atoms with Crippen molar-refractivity contribution in [3.63, 3.8) is 0 Å². The van der Waals surface area contributed by atoms with E-state index in [1.165, 1.54) is 6.08 Å². The topological polar surface area (TPSA) is 120 Å². The van der Waals surface area contributed by atoms with Gasteiger partial charge in [0, 0.05) is 31.1 Å². The van der Waals surface area contributed by atoms with Crippen molar-refractivity contribution in [2.75, 3.05) is 6.61 Å². The molecule has 32 heavy (non-hydrogen) atoms. The molecule has 0 atom stereocenters. The summed E-state index contributed by atoms with van der Waals surface area (Å²) in [6.07, 6.45) is 15.6. The van der Waals surface area contributed by atoms with E-state index in [-0.39, 0.29) is 34.2 Å². The number of hydrogen-bond acceptors (Lipinski definition) is 5. The van der Waals surface area contributed by atoms with Gasteiger partial charge in [-0.3, -0.25) is 0 Å². The smallest absolute Gasteiger partial charge is 0.425 e. The molecule has 0 aromatic carbocycles. The number of hydrogen-bond donors (Lipinski definition) is 0. The van der Waals surface area contributed by atoms with Crippen molar-refractivity contribution in [2.24, 2.45) is 0 Å². The van der Waals surface area contributed by atoms with Gasteiger partial charge in [0.25, 0.3) is 7.12 Å². The van der Waals surface area contributed by atoms with Crippen LogP contribution >= 0.6 is 0 Å². The summed E-state index contributed by atoms with van der Waals surface area (Å²) >= 11 is 0. The number of esters is 1. The summed E-state index contributed by atoms with van der Waals surface area (Å²) in [6.45, 7) is 16.7. The molecule has 0 N–H and O–H groups in total. The van der Waals surface area contributed by atoms with Crippen molar-refractivity contribution >= 4 is 13.1 Å². The fourth-order valence-electron chi connectivity index (χ4n) is 2.10. The van der Waals surface area contributed by atoms with Crippen LogP contribution in [0.2, 0.25) is 0 Å². The molecule has 2 radical (unpaired) electrons. The average Bonchev–Trinajstić information content (AvgIpc) is 3.57. The van der Waals surface area contributed by atoms with E-state index in [0.717, 1.165) is 5.57 Å². The summed E-state index contributed by atoms with van der Waals surface area (Å²) in [5, 5.41) is 12.7. The number of allylic oxidation sites excluding steroid dienone is 2. The number of ether oxygens (including phenoxy) is 1.